The smallest absolute Gasteiger partial charge is 0.0591 e. The largest absolute Gasteiger partial charge is 0.380 e. The van der Waals surface area contributed by atoms with Gasteiger partial charge in [-0.1, -0.05) is 13.3 Å². The average Bonchev–Trinajstić information content (AvgIpc) is 2.10. The molecule has 86 valence electrons. The lowest BCUT2D eigenvalue weighted by Gasteiger charge is -2.18. The molecule has 0 aliphatic rings. The minimum Gasteiger partial charge on any atom is -0.380 e. The first kappa shape index (κ1) is 13.9. The van der Waals surface area contributed by atoms with Crippen LogP contribution < -0.4 is 5.32 Å². The van der Waals surface area contributed by atoms with Gasteiger partial charge < -0.3 is 15.0 Å². The van der Waals surface area contributed by atoms with Crippen molar-refractivity contribution in [3.8, 4) is 0 Å². The summed E-state index contributed by atoms with van der Waals surface area (Å²) in [5.41, 5.74) is 0. The number of likely N-dealkylation sites (N-methyl/N-ethyl adjacent to an activating group) is 1. The van der Waals surface area contributed by atoms with Crippen LogP contribution in [0.25, 0.3) is 0 Å². The lowest BCUT2D eigenvalue weighted by molar-refractivity contribution is 0.130. The van der Waals surface area contributed by atoms with Gasteiger partial charge in [0.2, 0.25) is 0 Å². The lowest BCUT2D eigenvalue weighted by atomic mass is 10.3. The fourth-order valence-corrected chi connectivity index (χ4v) is 1.34. The molecule has 0 radical (unpaired) electrons. The molecule has 0 aromatic carbocycles. The van der Waals surface area contributed by atoms with E-state index in [1.54, 1.807) is 0 Å². The van der Waals surface area contributed by atoms with Gasteiger partial charge in [-0.3, -0.25) is 0 Å². The summed E-state index contributed by atoms with van der Waals surface area (Å²) >= 11 is 0. The van der Waals surface area contributed by atoms with Crippen molar-refractivity contribution in [3.63, 3.8) is 0 Å². The Balaban J connectivity index is 3.10. The topological polar surface area (TPSA) is 24.5 Å². The molecular formula is C11H26N2O. The summed E-state index contributed by atoms with van der Waals surface area (Å²) in [5.74, 6) is 0. The van der Waals surface area contributed by atoms with Crippen LogP contribution in [-0.4, -0.2) is 51.3 Å². The van der Waals surface area contributed by atoms with Gasteiger partial charge in [0, 0.05) is 25.7 Å². The zero-order chi connectivity index (χ0) is 10.8. The van der Waals surface area contributed by atoms with E-state index in [-0.39, 0.29) is 0 Å². The van der Waals surface area contributed by atoms with Gasteiger partial charge in [-0.05, 0) is 27.4 Å². The fourth-order valence-electron chi connectivity index (χ4n) is 1.34. The standard InChI is InChI=1S/C11H26N2O/c1-5-6-8-14-9-7-12-11(2)10-13(3)4/h11-12H,5-10H2,1-4H3. The number of unbranched alkanes of at least 4 members (excludes halogenated alkanes) is 1. The third-order valence-corrected chi connectivity index (χ3v) is 2.02. The van der Waals surface area contributed by atoms with Gasteiger partial charge in [-0.25, -0.2) is 0 Å². The number of rotatable bonds is 9. The Morgan fingerprint density at radius 1 is 1.29 bits per heavy atom. The van der Waals surface area contributed by atoms with E-state index in [4.69, 9.17) is 4.74 Å². The van der Waals surface area contributed by atoms with E-state index in [0.717, 1.165) is 26.3 Å². The number of hydrogen-bond donors (Lipinski definition) is 1. The zero-order valence-electron chi connectivity index (χ0n) is 10.2. The first-order valence-electron chi connectivity index (χ1n) is 5.62. The van der Waals surface area contributed by atoms with Crippen molar-refractivity contribution in [1.29, 1.82) is 0 Å². The van der Waals surface area contributed by atoms with E-state index < -0.39 is 0 Å². The van der Waals surface area contributed by atoms with Crippen LogP contribution in [0.1, 0.15) is 26.7 Å². The highest BCUT2D eigenvalue weighted by atomic mass is 16.5. The highest BCUT2D eigenvalue weighted by Crippen LogP contribution is 1.88. The van der Waals surface area contributed by atoms with Gasteiger partial charge in [0.05, 0.1) is 6.61 Å². The molecule has 3 nitrogen and oxygen atoms in total. The molecular weight excluding hydrogens is 176 g/mol. The summed E-state index contributed by atoms with van der Waals surface area (Å²) in [6.45, 7) is 8.15. The van der Waals surface area contributed by atoms with Crippen LogP contribution >= 0.6 is 0 Å². The summed E-state index contributed by atoms with van der Waals surface area (Å²) in [4.78, 5) is 2.19. The summed E-state index contributed by atoms with van der Waals surface area (Å²) in [5, 5.41) is 3.42. The minimum absolute atomic E-state index is 0.541. The van der Waals surface area contributed by atoms with Crippen molar-refractivity contribution in [1.82, 2.24) is 10.2 Å². The molecule has 0 saturated carbocycles. The maximum absolute atomic E-state index is 5.45. The van der Waals surface area contributed by atoms with Crippen LogP contribution in [0.3, 0.4) is 0 Å². The molecule has 3 heteroatoms. The zero-order valence-corrected chi connectivity index (χ0v) is 10.2. The average molecular weight is 202 g/mol. The maximum atomic E-state index is 5.45. The third kappa shape index (κ3) is 9.96. The molecule has 0 amide bonds. The number of nitrogens with zero attached hydrogens (tertiary/aromatic N) is 1. The molecule has 0 saturated heterocycles. The molecule has 0 rings (SSSR count). The van der Waals surface area contributed by atoms with Gasteiger partial charge in [0.1, 0.15) is 0 Å². The molecule has 0 spiro atoms. The van der Waals surface area contributed by atoms with Crippen molar-refractivity contribution in [2.24, 2.45) is 0 Å². The van der Waals surface area contributed by atoms with Gasteiger partial charge in [-0.2, -0.15) is 0 Å². The number of ether oxygens (including phenoxy) is 1. The van der Waals surface area contributed by atoms with E-state index in [2.05, 4.69) is 38.2 Å². The molecule has 0 aliphatic heterocycles. The predicted molar refractivity (Wildman–Crippen MR) is 61.7 cm³/mol. The van der Waals surface area contributed by atoms with Crippen LogP contribution in [0, 0.1) is 0 Å². The molecule has 1 N–H and O–H groups in total. The Kier molecular flexibility index (Phi) is 9.35. The quantitative estimate of drug-likeness (QED) is 0.571. The van der Waals surface area contributed by atoms with E-state index in [1.165, 1.54) is 12.8 Å². The highest BCUT2D eigenvalue weighted by Gasteiger charge is 2.01. The third-order valence-electron chi connectivity index (χ3n) is 2.02. The van der Waals surface area contributed by atoms with Gasteiger partial charge in [-0.15, -0.1) is 0 Å². The van der Waals surface area contributed by atoms with E-state index >= 15 is 0 Å². The monoisotopic (exact) mass is 202 g/mol. The predicted octanol–water partition coefficient (Wildman–Crippen LogP) is 1.34. The summed E-state index contributed by atoms with van der Waals surface area (Å²) in [6, 6.07) is 0.541. The molecule has 14 heavy (non-hydrogen) atoms. The second kappa shape index (κ2) is 9.44. The summed E-state index contributed by atoms with van der Waals surface area (Å²) in [6.07, 6.45) is 2.39. The number of hydrogen-bond acceptors (Lipinski definition) is 3. The van der Waals surface area contributed by atoms with Gasteiger partial charge in [0.25, 0.3) is 0 Å². The van der Waals surface area contributed by atoms with Crippen LogP contribution in [0.2, 0.25) is 0 Å². The van der Waals surface area contributed by atoms with Crippen molar-refractivity contribution in [2.75, 3.05) is 40.4 Å². The van der Waals surface area contributed by atoms with Crippen molar-refractivity contribution in [2.45, 2.75) is 32.7 Å². The molecule has 0 aromatic heterocycles. The summed E-state index contributed by atoms with van der Waals surface area (Å²) < 4.78 is 5.45. The fraction of sp³-hybridized carbons (Fsp3) is 1.00. The molecule has 0 heterocycles. The Bertz CT molecular complexity index is 118. The SMILES string of the molecule is CCCCOCCNC(C)CN(C)C. The van der Waals surface area contributed by atoms with Crippen LogP contribution in [-0.2, 0) is 4.74 Å². The van der Waals surface area contributed by atoms with Crippen molar-refractivity contribution in [3.05, 3.63) is 0 Å². The summed E-state index contributed by atoms with van der Waals surface area (Å²) in [7, 11) is 4.19. The van der Waals surface area contributed by atoms with Crippen molar-refractivity contribution >= 4 is 0 Å². The first-order valence-corrected chi connectivity index (χ1v) is 5.62. The Hall–Kier alpha value is -0.120. The molecule has 0 aliphatic carbocycles. The second-order valence-electron chi connectivity index (χ2n) is 4.08. The normalized spacial score (nSPS) is 13.5. The van der Waals surface area contributed by atoms with Gasteiger partial charge in [0.15, 0.2) is 0 Å². The molecule has 0 fully saturated rings. The Morgan fingerprint density at radius 3 is 2.57 bits per heavy atom. The van der Waals surface area contributed by atoms with Crippen LogP contribution in [0.15, 0.2) is 0 Å². The first-order chi connectivity index (χ1) is 6.66. The Labute approximate surface area is 88.8 Å². The maximum Gasteiger partial charge on any atom is 0.0591 e. The minimum atomic E-state index is 0.541. The molecule has 1 unspecified atom stereocenters. The highest BCUT2D eigenvalue weighted by molar-refractivity contribution is 4.62. The molecule has 1 atom stereocenters. The Morgan fingerprint density at radius 2 is 2.00 bits per heavy atom. The van der Waals surface area contributed by atoms with E-state index in [1.807, 2.05) is 0 Å². The molecule has 0 bridgehead atoms. The lowest BCUT2D eigenvalue weighted by Crippen LogP contribution is -2.37. The van der Waals surface area contributed by atoms with Crippen LogP contribution in [0.5, 0.6) is 0 Å². The van der Waals surface area contributed by atoms with E-state index in [0.29, 0.717) is 6.04 Å². The molecule has 0 aromatic rings. The van der Waals surface area contributed by atoms with Crippen LogP contribution in [0.4, 0.5) is 0 Å². The van der Waals surface area contributed by atoms with Gasteiger partial charge >= 0.3 is 0 Å². The second-order valence-corrected chi connectivity index (χ2v) is 4.08. The van der Waals surface area contributed by atoms with Crippen molar-refractivity contribution < 1.29 is 4.74 Å². The van der Waals surface area contributed by atoms with E-state index in [9.17, 15) is 0 Å². The number of nitrogens with one attached hydrogen (secondary N) is 1.